The summed E-state index contributed by atoms with van der Waals surface area (Å²) in [6.07, 6.45) is 0. The quantitative estimate of drug-likeness (QED) is 0.806. The van der Waals surface area contributed by atoms with Crippen LogP contribution in [0.5, 0.6) is 0 Å². The number of benzene rings is 2. The van der Waals surface area contributed by atoms with Crippen LogP contribution in [0.25, 0.3) is 0 Å². The van der Waals surface area contributed by atoms with Gasteiger partial charge in [0, 0.05) is 4.47 Å². The Labute approximate surface area is 144 Å². The molecule has 0 bridgehead atoms. The van der Waals surface area contributed by atoms with Crippen LogP contribution in [0.15, 0.2) is 59.1 Å². The topological polar surface area (TPSA) is 55.4 Å². The van der Waals surface area contributed by atoms with Crippen molar-refractivity contribution in [1.82, 2.24) is 0 Å². The van der Waals surface area contributed by atoms with Gasteiger partial charge in [-0.05, 0) is 47.5 Å². The second-order valence-corrected chi connectivity index (χ2v) is 6.45. The van der Waals surface area contributed by atoms with Crippen LogP contribution >= 0.6 is 15.9 Å². The van der Waals surface area contributed by atoms with Gasteiger partial charge in [0.2, 0.25) is 0 Å². The van der Waals surface area contributed by atoms with Gasteiger partial charge < -0.3 is 10.1 Å². The summed E-state index contributed by atoms with van der Waals surface area (Å²) in [6.45, 7) is 3.23. The van der Waals surface area contributed by atoms with Gasteiger partial charge in [0.05, 0.1) is 11.1 Å². The fourth-order valence-corrected chi connectivity index (χ4v) is 2.42. The maximum atomic E-state index is 12.3. The van der Waals surface area contributed by atoms with E-state index < -0.39 is 11.4 Å². The predicted octanol–water partition coefficient (Wildman–Crippen LogP) is 3.91. The van der Waals surface area contributed by atoms with Crippen molar-refractivity contribution in [2.75, 3.05) is 11.9 Å². The third-order valence-electron chi connectivity index (χ3n) is 3.49. The van der Waals surface area contributed by atoms with Crippen LogP contribution in [0, 0.1) is 0 Å². The SMILES string of the molecule is CC(C)(C(=O)OCC(=O)Nc1ccccc1Br)c1ccccc1. The van der Waals surface area contributed by atoms with Gasteiger partial charge in [0.15, 0.2) is 6.61 Å². The zero-order valence-electron chi connectivity index (χ0n) is 13.0. The Bertz CT molecular complexity index is 698. The summed E-state index contributed by atoms with van der Waals surface area (Å²) in [5.74, 6) is -0.819. The highest BCUT2D eigenvalue weighted by Gasteiger charge is 2.31. The predicted molar refractivity (Wildman–Crippen MR) is 93.2 cm³/mol. The van der Waals surface area contributed by atoms with Gasteiger partial charge in [-0.15, -0.1) is 0 Å². The van der Waals surface area contributed by atoms with Crippen LogP contribution in [0.2, 0.25) is 0 Å². The molecular formula is C18H18BrNO3. The summed E-state index contributed by atoms with van der Waals surface area (Å²) in [5, 5.41) is 2.69. The first-order valence-electron chi connectivity index (χ1n) is 7.18. The van der Waals surface area contributed by atoms with E-state index in [-0.39, 0.29) is 12.5 Å². The largest absolute Gasteiger partial charge is 0.455 e. The fraction of sp³-hybridized carbons (Fsp3) is 0.222. The Hall–Kier alpha value is -2.14. The lowest BCUT2D eigenvalue weighted by Crippen LogP contribution is -2.33. The third-order valence-corrected chi connectivity index (χ3v) is 4.18. The van der Waals surface area contributed by atoms with Crippen molar-refractivity contribution in [2.24, 2.45) is 0 Å². The third kappa shape index (κ3) is 4.42. The smallest absolute Gasteiger partial charge is 0.316 e. The average molecular weight is 376 g/mol. The summed E-state index contributed by atoms with van der Waals surface area (Å²) < 4.78 is 5.94. The number of rotatable bonds is 5. The van der Waals surface area contributed by atoms with Crippen LogP contribution in [0.1, 0.15) is 19.4 Å². The number of hydrogen-bond donors (Lipinski definition) is 1. The van der Waals surface area contributed by atoms with Gasteiger partial charge >= 0.3 is 5.97 Å². The molecule has 2 rings (SSSR count). The Morgan fingerprint density at radius 3 is 2.30 bits per heavy atom. The van der Waals surface area contributed by atoms with Gasteiger partial charge in [-0.3, -0.25) is 9.59 Å². The number of amides is 1. The summed E-state index contributed by atoms with van der Waals surface area (Å²) in [5.41, 5.74) is 0.668. The number of halogens is 1. The molecule has 120 valence electrons. The first kappa shape index (κ1) is 17.2. The molecule has 0 unspecified atom stereocenters. The van der Waals surface area contributed by atoms with E-state index in [2.05, 4.69) is 21.2 Å². The van der Waals surface area contributed by atoms with Crippen LogP contribution in [-0.2, 0) is 19.7 Å². The summed E-state index contributed by atoms with van der Waals surface area (Å²) in [4.78, 5) is 24.2. The zero-order valence-corrected chi connectivity index (χ0v) is 14.6. The zero-order chi connectivity index (χ0) is 16.9. The summed E-state index contributed by atoms with van der Waals surface area (Å²) in [7, 11) is 0. The number of hydrogen-bond acceptors (Lipinski definition) is 3. The van der Waals surface area contributed by atoms with Crippen molar-refractivity contribution < 1.29 is 14.3 Å². The van der Waals surface area contributed by atoms with Gasteiger partial charge in [-0.25, -0.2) is 0 Å². The minimum absolute atomic E-state index is 0.323. The lowest BCUT2D eigenvalue weighted by atomic mass is 9.85. The van der Waals surface area contributed by atoms with Crippen molar-refractivity contribution in [1.29, 1.82) is 0 Å². The van der Waals surface area contributed by atoms with Crippen molar-refractivity contribution >= 4 is 33.5 Å². The average Bonchev–Trinajstić information content (AvgIpc) is 2.55. The fourth-order valence-electron chi connectivity index (χ4n) is 2.03. The van der Waals surface area contributed by atoms with E-state index in [9.17, 15) is 9.59 Å². The van der Waals surface area contributed by atoms with Crippen molar-refractivity contribution in [3.63, 3.8) is 0 Å². The van der Waals surface area contributed by atoms with E-state index in [1.54, 1.807) is 19.9 Å². The maximum Gasteiger partial charge on any atom is 0.316 e. The number of para-hydroxylation sites is 1. The maximum absolute atomic E-state index is 12.3. The molecule has 2 aromatic rings. The van der Waals surface area contributed by atoms with E-state index in [4.69, 9.17) is 4.74 Å². The second-order valence-electron chi connectivity index (χ2n) is 5.60. The Morgan fingerprint density at radius 2 is 1.65 bits per heavy atom. The van der Waals surface area contributed by atoms with Crippen molar-refractivity contribution in [2.45, 2.75) is 19.3 Å². The Kier molecular flexibility index (Phi) is 5.55. The second kappa shape index (κ2) is 7.42. The molecule has 0 spiro atoms. The van der Waals surface area contributed by atoms with Crippen LogP contribution in [0.3, 0.4) is 0 Å². The minimum Gasteiger partial charge on any atom is -0.455 e. The normalized spacial score (nSPS) is 10.9. The van der Waals surface area contributed by atoms with E-state index in [0.717, 1.165) is 10.0 Å². The van der Waals surface area contributed by atoms with E-state index in [1.807, 2.05) is 48.5 Å². The first-order chi connectivity index (χ1) is 10.9. The lowest BCUT2D eigenvalue weighted by molar-refractivity contribution is -0.152. The summed E-state index contributed by atoms with van der Waals surface area (Å²) >= 11 is 3.34. The number of ether oxygens (including phenoxy) is 1. The highest BCUT2D eigenvalue weighted by molar-refractivity contribution is 9.10. The number of esters is 1. The van der Waals surface area contributed by atoms with E-state index >= 15 is 0 Å². The van der Waals surface area contributed by atoms with E-state index in [1.165, 1.54) is 0 Å². The summed E-state index contributed by atoms with van der Waals surface area (Å²) in [6, 6.07) is 16.6. The van der Waals surface area contributed by atoms with Crippen LogP contribution in [0.4, 0.5) is 5.69 Å². The monoisotopic (exact) mass is 375 g/mol. The molecule has 0 saturated carbocycles. The lowest BCUT2D eigenvalue weighted by Gasteiger charge is -2.22. The molecule has 2 aromatic carbocycles. The Balaban J connectivity index is 1.94. The first-order valence-corrected chi connectivity index (χ1v) is 7.97. The molecule has 23 heavy (non-hydrogen) atoms. The minimum atomic E-state index is -0.811. The van der Waals surface area contributed by atoms with Crippen LogP contribution < -0.4 is 5.32 Å². The molecule has 0 heterocycles. The highest BCUT2D eigenvalue weighted by Crippen LogP contribution is 2.24. The molecule has 4 nitrogen and oxygen atoms in total. The number of carbonyl (C=O) groups is 2. The van der Waals surface area contributed by atoms with Gasteiger partial charge in [0.25, 0.3) is 5.91 Å². The molecule has 0 aliphatic rings. The number of nitrogens with one attached hydrogen (secondary N) is 1. The van der Waals surface area contributed by atoms with E-state index in [0.29, 0.717) is 5.69 Å². The number of anilines is 1. The molecule has 0 aliphatic heterocycles. The molecule has 5 heteroatoms. The molecule has 1 amide bonds. The molecule has 0 aromatic heterocycles. The van der Waals surface area contributed by atoms with Gasteiger partial charge in [0.1, 0.15) is 0 Å². The van der Waals surface area contributed by atoms with Crippen molar-refractivity contribution in [3.8, 4) is 0 Å². The molecule has 0 atom stereocenters. The van der Waals surface area contributed by atoms with Gasteiger partial charge in [-0.1, -0.05) is 42.5 Å². The molecular weight excluding hydrogens is 358 g/mol. The highest BCUT2D eigenvalue weighted by atomic mass is 79.9. The molecule has 0 fully saturated rings. The molecule has 0 radical (unpaired) electrons. The van der Waals surface area contributed by atoms with Gasteiger partial charge in [-0.2, -0.15) is 0 Å². The standard InChI is InChI=1S/C18H18BrNO3/c1-18(2,13-8-4-3-5-9-13)17(22)23-12-16(21)20-15-11-7-6-10-14(15)19/h3-11H,12H2,1-2H3,(H,20,21). The van der Waals surface area contributed by atoms with Crippen molar-refractivity contribution in [3.05, 3.63) is 64.6 Å². The molecule has 1 N–H and O–H groups in total. The Morgan fingerprint density at radius 1 is 1.04 bits per heavy atom. The molecule has 0 saturated heterocycles. The van der Waals surface area contributed by atoms with Crippen LogP contribution in [-0.4, -0.2) is 18.5 Å². The molecule has 0 aliphatic carbocycles. The number of carbonyl (C=O) groups excluding carboxylic acids is 2.